The summed E-state index contributed by atoms with van der Waals surface area (Å²) in [6.45, 7) is 4.87. The van der Waals surface area contributed by atoms with E-state index in [1.165, 1.54) is 12.1 Å². The molecule has 1 amide bonds. The molecule has 1 fully saturated rings. The van der Waals surface area contributed by atoms with Crippen LogP contribution >= 0.6 is 0 Å². The van der Waals surface area contributed by atoms with Crippen molar-refractivity contribution in [2.24, 2.45) is 11.7 Å². The van der Waals surface area contributed by atoms with Gasteiger partial charge in [0.2, 0.25) is 5.91 Å². The molecule has 1 aliphatic rings. The Kier molecular flexibility index (Phi) is 5.79. The van der Waals surface area contributed by atoms with Gasteiger partial charge in [-0.15, -0.1) is 0 Å². The first-order valence-electron chi connectivity index (χ1n) is 8.64. The fourth-order valence-corrected chi connectivity index (χ4v) is 3.52. The van der Waals surface area contributed by atoms with Crippen LogP contribution in [0.25, 0.3) is 0 Å². The minimum atomic E-state index is -0.482. The van der Waals surface area contributed by atoms with Crippen molar-refractivity contribution in [3.05, 3.63) is 35.6 Å². The van der Waals surface area contributed by atoms with Gasteiger partial charge in [0.15, 0.2) is 0 Å². The summed E-state index contributed by atoms with van der Waals surface area (Å²) in [6, 6.07) is 6.56. The number of benzene rings is 1. The molecule has 4 heteroatoms. The first-order chi connectivity index (χ1) is 10.9. The van der Waals surface area contributed by atoms with Gasteiger partial charge in [-0.1, -0.05) is 38.8 Å². The summed E-state index contributed by atoms with van der Waals surface area (Å²) in [5.74, 6) is 0.305. The molecule has 1 aromatic rings. The zero-order valence-electron chi connectivity index (χ0n) is 14.5. The fraction of sp³-hybridized carbons (Fsp3) is 0.632. The molecule has 0 aromatic heterocycles. The predicted octanol–water partition coefficient (Wildman–Crippen LogP) is 3.47. The highest BCUT2D eigenvalue weighted by Gasteiger charge is 2.44. The van der Waals surface area contributed by atoms with Crippen LogP contribution in [0.2, 0.25) is 0 Å². The first-order valence-corrected chi connectivity index (χ1v) is 8.64. The summed E-state index contributed by atoms with van der Waals surface area (Å²) >= 11 is 0. The molecule has 0 radical (unpaired) electrons. The van der Waals surface area contributed by atoms with E-state index in [1.54, 1.807) is 12.1 Å². The molecule has 2 rings (SSSR count). The molecule has 1 aliphatic carbocycles. The lowest BCUT2D eigenvalue weighted by Crippen LogP contribution is -2.45. The van der Waals surface area contributed by atoms with E-state index < -0.39 is 5.41 Å². The summed E-state index contributed by atoms with van der Waals surface area (Å²) in [4.78, 5) is 14.9. The van der Waals surface area contributed by atoms with Gasteiger partial charge in [-0.05, 0) is 42.9 Å². The highest BCUT2D eigenvalue weighted by atomic mass is 19.1. The molecule has 0 saturated heterocycles. The largest absolute Gasteiger partial charge is 0.345 e. The van der Waals surface area contributed by atoms with Crippen LogP contribution in [-0.2, 0) is 10.2 Å². The Labute approximate surface area is 139 Å². The van der Waals surface area contributed by atoms with Gasteiger partial charge >= 0.3 is 0 Å². The molecule has 128 valence electrons. The van der Waals surface area contributed by atoms with Gasteiger partial charge in [0.1, 0.15) is 5.82 Å². The summed E-state index contributed by atoms with van der Waals surface area (Å²) in [5, 5.41) is 0. The van der Waals surface area contributed by atoms with Crippen LogP contribution in [0.1, 0.15) is 51.5 Å². The molecule has 3 nitrogen and oxygen atoms in total. The Bertz CT molecular complexity index is 521. The number of carbonyl (C=O) groups excluding carboxylic acids is 1. The SMILES string of the molecule is CC(C)C(N)CCN(C)C(=O)C1(c2ccc(F)cc2)CCCC1. The van der Waals surface area contributed by atoms with Gasteiger partial charge in [-0.2, -0.15) is 0 Å². The third kappa shape index (κ3) is 3.92. The second-order valence-electron chi connectivity index (χ2n) is 7.22. The number of likely N-dealkylation sites (N-methyl/N-ethyl adjacent to an activating group) is 1. The normalized spacial score (nSPS) is 18.2. The third-order valence-electron chi connectivity index (χ3n) is 5.26. The first kappa shape index (κ1) is 17.9. The van der Waals surface area contributed by atoms with Crippen molar-refractivity contribution in [1.29, 1.82) is 0 Å². The predicted molar refractivity (Wildman–Crippen MR) is 91.6 cm³/mol. The monoisotopic (exact) mass is 320 g/mol. The molecule has 0 spiro atoms. The maximum atomic E-state index is 13.2. The van der Waals surface area contributed by atoms with Crippen LogP contribution in [0.3, 0.4) is 0 Å². The van der Waals surface area contributed by atoms with E-state index in [0.717, 1.165) is 37.7 Å². The van der Waals surface area contributed by atoms with Gasteiger partial charge in [0.25, 0.3) is 0 Å². The van der Waals surface area contributed by atoms with Gasteiger partial charge in [-0.3, -0.25) is 4.79 Å². The Hall–Kier alpha value is -1.42. The second-order valence-corrected chi connectivity index (χ2v) is 7.22. The lowest BCUT2D eigenvalue weighted by Gasteiger charge is -2.33. The number of nitrogens with two attached hydrogens (primary N) is 1. The van der Waals surface area contributed by atoms with E-state index in [0.29, 0.717) is 12.5 Å². The fourth-order valence-electron chi connectivity index (χ4n) is 3.52. The Morgan fingerprint density at radius 1 is 1.26 bits per heavy atom. The van der Waals surface area contributed by atoms with E-state index in [9.17, 15) is 9.18 Å². The van der Waals surface area contributed by atoms with Gasteiger partial charge in [0.05, 0.1) is 5.41 Å². The molecule has 1 atom stereocenters. The smallest absolute Gasteiger partial charge is 0.232 e. The lowest BCUT2D eigenvalue weighted by molar-refractivity contribution is -0.136. The quantitative estimate of drug-likeness (QED) is 0.872. The van der Waals surface area contributed by atoms with Crippen molar-refractivity contribution < 1.29 is 9.18 Å². The van der Waals surface area contributed by atoms with Crippen LogP contribution in [0.15, 0.2) is 24.3 Å². The average Bonchev–Trinajstić information content (AvgIpc) is 3.02. The van der Waals surface area contributed by atoms with Crippen molar-refractivity contribution in [2.75, 3.05) is 13.6 Å². The molecule has 1 saturated carbocycles. The maximum absolute atomic E-state index is 13.2. The lowest BCUT2D eigenvalue weighted by atomic mass is 9.77. The average molecular weight is 320 g/mol. The maximum Gasteiger partial charge on any atom is 0.232 e. The number of rotatable bonds is 6. The number of hydrogen-bond donors (Lipinski definition) is 1. The van der Waals surface area contributed by atoms with E-state index in [1.807, 2.05) is 11.9 Å². The molecule has 0 bridgehead atoms. The van der Waals surface area contributed by atoms with Crippen molar-refractivity contribution in [3.8, 4) is 0 Å². The zero-order chi connectivity index (χ0) is 17.0. The highest BCUT2D eigenvalue weighted by molar-refractivity contribution is 5.88. The number of carbonyl (C=O) groups is 1. The second kappa shape index (κ2) is 7.43. The Morgan fingerprint density at radius 3 is 2.35 bits per heavy atom. The van der Waals surface area contributed by atoms with Crippen LogP contribution in [-0.4, -0.2) is 30.4 Å². The van der Waals surface area contributed by atoms with Crippen molar-refractivity contribution in [3.63, 3.8) is 0 Å². The van der Waals surface area contributed by atoms with Crippen LogP contribution in [0.5, 0.6) is 0 Å². The van der Waals surface area contributed by atoms with Crippen LogP contribution < -0.4 is 5.73 Å². The molecule has 0 heterocycles. The van der Waals surface area contributed by atoms with Crippen LogP contribution in [0, 0.1) is 11.7 Å². The number of halogens is 1. The highest BCUT2D eigenvalue weighted by Crippen LogP contribution is 2.42. The zero-order valence-corrected chi connectivity index (χ0v) is 14.5. The van der Waals surface area contributed by atoms with E-state index in [4.69, 9.17) is 5.73 Å². The molecular weight excluding hydrogens is 291 g/mol. The van der Waals surface area contributed by atoms with E-state index in [-0.39, 0.29) is 17.8 Å². The standard InChI is InChI=1S/C19H29FN2O/c1-14(2)17(21)10-13-22(3)18(23)19(11-4-5-12-19)15-6-8-16(20)9-7-15/h6-9,14,17H,4-5,10-13,21H2,1-3H3. The third-order valence-corrected chi connectivity index (χ3v) is 5.26. The molecular formula is C19H29FN2O. The summed E-state index contributed by atoms with van der Waals surface area (Å²) in [6.07, 6.45) is 4.58. The minimum Gasteiger partial charge on any atom is -0.345 e. The van der Waals surface area contributed by atoms with E-state index >= 15 is 0 Å². The Balaban J connectivity index is 2.13. The molecule has 23 heavy (non-hydrogen) atoms. The molecule has 2 N–H and O–H groups in total. The van der Waals surface area contributed by atoms with Crippen LogP contribution in [0.4, 0.5) is 4.39 Å². The molecule has 1 aromatic carbocycles. The van der Waals surface area contributed by atoms with Gasteiger partial charge in [0, 0.05) is 19.6 Å². The number of nitrogens with zero attached hydrogens (tertiary/aromatic N) is 1. The van der Waals surface area contributed by atoms with Crippen molar-refractivity contribution in [1.82, 2.24) is 4.90 Å². The topological polar surface area (TPSA) is 46.3 Å². The van der Waals surface area contributed by atoms with Crippen molar-refractivity contribution in [2.45, 2.75) is 57.4 Å². The Morgan fingerprint density at radius 2 is 1.83 bits per heavy atom. The van der Waals surface area contributed by atoms with Gasteiger partial charge < -0.3 is 10.6 Å². The molecule has 1 unspecified atom stereocenters. The van der Waals surface area contributed by atoms with E-state index in [2.05, 4.69) is 13.8 Å². The van der Waals surface area contributed by atoms with Crippen molar-refractivity contribution >= 4 is 5.91 Å². The number of hydrogen-bond acceptors (Lipinski definition) is 2. The minimum absolute atomic E-state index is 0.107. The summed E-state index contributed by atoms with van der Waals surface area (Å²) < 4.78 is 13.2. The summed E-state index contributed by atoms with van der Waals surface area (Å²) in [7, 11) is 1.86. The van der Waals surface area contributed by atoms with Gasteiger partial charge in [-0.25, -0.2) is 4.39 Å². The molecule has 0 aliphatic heterocycles. The summed E-state index contributed by atoms with van der Waals surface area (Å²) in [5.41, 5.74) is 6.56. The number of amides is 1.